The fourth-order valence-corrected chi connectivity index (χ4v) is 6.09. The maximum atomic E-state index is 13.9. The Labute approximate surface area is 218 Å². The molecule has 2 heterocycles. The number of likely N-dealkylation sites (tertiary alicyclic amines) is 1. The van der Waals surface area contributed by atoms with Crippen molar-refractivity contribution in [3.05, 3.63) is 95.6 Å². The SMILES string of the molecule is Cc1cccc(C(=O)N2CCC(N3CCN(C(=O)c4c5ccccc5cc5ccccc45)CC3)CC2)c1. The van der Waals surface area contributed by atoms with E-state index < -0.39 is 0 Å². The number of hydrogen-bond donors (Lipinski definition) is 0. The lowest BCUT2D eigenvalue weighted by atomic mass is 9.95. The largest absolute Gasteiger partial charge is 0.339 e. The first-order valence-corrected chi connectivity index (χ1v) is 13.4. The summed E-state index contributed by atoms with van der Waals surface area (Å²) in [6.07, 6.45) is 1.97. The number of carbonyl (C=O) groups is 2. The summed E-state index contributed by atoms with van der Waals surface area (Å²) in [5, 5.41) is 4.27. The first-order chi connectivity index (χ1) is 18.1. The summed E-state index contributed by atoms with van der Waals surface area (Å²) in [5.41, 5.74) is 2.72. The molecule has 0 bridgehead atoms. The first kappa shape index (κ1) is 23.7. The van der Waals surface area contributed by atoms with E-state index in [1.54, 1.807) is 0 Å². The van der Waals surface area contributed by atoms with E-state index in [1.807, 2.05) is 65.3 Å². The highest BCUT2D eigenvalue weighted by Crippen LogP contribution is 2.30. The second-order valence-corrected chi connectivity index (χ2v) is 10.4. The van der Waals surface area contributed by atoms with Gasteiger partial charge in [-0.3, -0.25) is 14.5 Å². The molecule has 0 N–H and O–H groups in total. The van der Waals surface area contributed by atoms with Crippen molar-refractivity contribution in [2.45, 2.75) is 25.8 Å². The van der Waals surface area contributed by atoms with E-state index >= 15 is 0 Å². The Morgan fingerprint density at radius 2 is 1.24 bits per heavy atom. The molecule has 0 radical (unpaired) electrons. The Bertz CT molecular complexity index is 1410. The number of carbonyl (C=O) groups excluding carboxylic acids is 2. The van der Waals surface area contributed by atoms with Gasteiger partial charge in [0.25, 0.3) is 11.8 Å². The molecule has 0 saturated carbocycles. The monoisotopic (exact) mass is 491 g/mol. The lowest BCUT2D eigenvalue weighted by molar-refractivity contribution is 0.0414. The Morgan fingerprint density at radius 1 is 0.649 bits per heavy atom. The van der Waals surface area contributed by atoms with Crippen molar-refractivity contribution in [3.63, 3.8) is 0 Å². The van der Waals surface area contributed by atoms with Gasteiger partial charge in [-0.1, -0.05) is 66.2 Å². The number of piperazine rings is 1. The van der Waals surface area contributed by atoms with E-state index in [2.05, 4.69) is 35.2 Å². The lowest BCUT2D eigenvalue weighted by Gasteiger charge is -2.43. The van der Waals surface area contributed by atoms with Crippen LogP contribution in [0.2, 0.25) is 0 Å². The van der Waals surface area contributed by atoms with Crippen LogP contribution in [-0.4, -0.2) is 71.8 Å². The summed E-state index contributed by atoms with van der Waals surface area (Å²) in [6.45, 7) is 6.83. The Balaban J connectivity index is 1.11. The first-order valence-electron chi connectivity index (χ1n) is 13.4. The van der Waals surface area contributed by atoms with Crippen molar-refractivity contribution in [2.24, 2.45) is 0 Å². The number of aryl methyl sites for hydroxylation is 1. The molecule has 2 saturated heterocycles. The normalized spacial score (nSPS) is 17.4. The zero-order valence-corrected chi connectivity index (χ0v) is 21.4. The molecule has 0 atom stereocenters. The van der Waals surface area contributed by atoms with Crippen molar-refractivity contribution in [1.29, 1.82) is 0 Å². The zero-order valence-electron chi connectivity index (χ0n) is 21.4. The molecule has 0 aliphatic carbocycles. The highest BCUT2D eigenvalue weighted by atomic mass is 16.2. The number of hydrogen-bond acceptors (Lipinski definition) is 3. The van der Waals surface area contributed by atoms with E-state index in [1.165, 1.54) is 0 Å². The van der Waals surface area contributed by atoms with E-state index in [-0.39, 0.29) is 11.8 Å². The van der Waals surface area contributed by atoms with Gasteiger partial charge in [0.1, 0.15) is 0 Å². The van der Waals surface area contributed by atoms with Crippen LogP contribution < -0.4 is 0 Å². The minimum absolute atomic E-state index is 0.131. The van der Waals surface area contributed by atoms with Gasteiger partial charge in [0.05, 0.1) is 5.56 Å². The molecular formula is C32H33N3O2. The van der Waals surface area contributed by atoms with Crippen LogP contribution in [0.5, 0.6) is 0 Å². The fourth-order valence-electron chi connectivity index (χ4n) is 6.09. The van der Waals surface area contributed by atoms with Crippen LogP contribution in [0.25, 0.3) is 21.5 Å². The molecule has 0 spiro atoms. The second-order valence-electron chi connectivity index (χ2n) is 10.4. The van der Waals surface area contributed by atoms with Crippen molar-refractivity contribution >= 4 is 33.4 Å². The summed E-state index contributed by atoms with van der Waals surface area (Å²) >= 11 is 0. The molecule has 6 rings (SSSR count). The number of piperidine rings is 1. The fraction of sp³-hybridized carbons (Fsp3) is 0.312. The highest BCUT2D eigenvalue weighted by Gasteiger charge is 2.31. The molecule has 2 amide bonds. The van der Waals surface area contributed by atoms with Crippen molar-refractivity contribution in [2.75, 3.05) is 39.3 Å². The van der Waals surface area contributed by atoms with Crippen molar-refractivity contribution < 1.29 is 9.59 Å². The standard InChI is InChI=1S/C32H33N3O2/c1-23-7-6-10-26(21-23)31(36)34-15-13-27(14-16-34)33-17-19-35(20-18-33)32(37)30-28-11-4-2-8-24(28)22-25-9-3-5-12-29(25)30/h2-12,21-22,27H,13-20H2,1H3. The van der Waals surface area contributed by atoms with Gasteiger partial charge in [0, 0.05) is 50.9 Å². The van der Waals surface area contributed by atoms with Crippen LogP contribution in [0.1, 0.15) is 39.1 Å². The summed E-state index contributed by atoms with van der Waals surface area (Å²) < 4.78 is 0. The average Bonchev–Trinajstić information content (AvgIpc) is 2.95. The van der Waals surface area contributed by atoms with E-state index in [4.69, 9.17) is 0 Å². The molecule has 37 heavy (non-hydrogen) atoms. The molecule has 188 valence electrons. The molecule has 4 aromatic rings. The Kier molecular flexibility index (Phi) is 6.39. The topological polar surface area (TPSA) is 43.9 Å². The minimum Gasteiger partial charge on any atom is -0.339 e. The molecule has 2 fully saturated rings. The maximum Gasteiger partial charge on any atom is 0.255 e. The van der Waals surface area contributed by atoms with Crippen LogP contribution in [0.4, 0.5) is 0 Å². The van der Waals surface area contributed by atoms with Gasteiger partial charge in [-0.2, -0.15) is 0 Å². The minimum atomic E-state index is 0.131. The second kappa shape index (κ2) is 9.98. The van der Waals surface area contributed by atoms with E-state index in [0.717, 1.165) is 90.3 Å². The number of nitrogens with zero attached hydrogens (tertiary/aromatic N) is 3. The van der Waals surface area contributed by atoms with E-state index in [9.17, 15) is 9.59 Å². The molecule has 0 unspecified atom stereocenters. The van der Waals surface area contributed by atoms with Gasteiger partial charge in [-0.15, -0.1) is 0 Å². The molecule has 5 nitrogen and oxygen atoms in total. The summed E-state index contributed by atoms with van der Waals surface area (Å²) in [4.78, 5) is 33.3. The molecule has 2 aliphatic rings. The highest BCUT2D eigenvalue weighted by molar-refractivity contribution is 6.18. The third-order valence-electron chi connectivity index (χ3n) is 8.12. The maximum absolute atomic E-state index is 13.9. The van der Waals surface area contributed by atoms with Gasteiger partial charge in [-0.25, -0.2) is 0 Å². The molecule has 0 aromatic heterocycles. The van der Waals surface area contributed by atoms with Gasteiger partial charge in [0.2, 0.25) is 0 Å². The molecule has 2 aliphatic heterocycles. The third kappa shape index (κ3) is 4.60. The van der Waals surface area contributed by atoms with Crippen LogP contribution in [-0.2, 0) is 0 Å². The number of rotatable bonds is 3. The summed E-state index contributed by atoms with van der Waals surface area (Å²) in [6, 6.07) is 26.9. The van der Waals surface area contributed by atoms with Crippen LogP contribution in [0.3, 0.4) is 0 Å². The Morgan fingerprint density at radius 3 is 1.86 bits per heavy atom. The predicted octanol–water partition coefficient (Wildman–Crippen LogP) is 5.36. The summed E-state index contributed by atoms with van der Waals surface area (Å²) in [7, 11) is 0. The van der Waals surface area contributed by atoms with E-state index in [0.29, 0.717) is 6.04 Å². The number of benzene rings is 4. The number of fused-ring (bicyclic) bond motifs is 2. The van der Waals surface area contributed by atoms with Crippen molar-refractivity contribution in [3.8, 4) is 0 Å². The quantitative estimate of drug-likeness (QED) is 0.362. The predicted molar refractivity (Wildman–Crippen MR) is 149 cm³/mol. The molecule has 4 aromatic carbocycles. The van der Waals surface area contributed by atoms with Gasteiger partial charge in [-0.05, 0) is 59.5 Å². The van der Waals surface area contributed by atoms with Gasteiger partial charge in [0.15, 0.2) is 0 Å². The molecule has 5 heteroatoms. The van der Waals surface area contributed by atoms with Gasteiger partial charge >= 0.3 is 0 Å². The smallest absolute Gasteiger partial charge is 0.255 e. The Hall–Kier alpha value is -3.70. The van der Waals surface area contributed by atoms with Gasteiger partial charge < -0.3 is 9.80 Å². The zero-order chi connectivity index (χ0) is 25.4. The van der Waals surface area contributed by atoms with Crippen molar-refractivity contribution in [1.82, 2.24) is 14.7 Å². The summed E-state index contributed by atoms with van der Waals surface area (Å²) in [5.74, 6) is 0.270. The third-order valence-corrected chi connectivity index (χ3v) is 8.12. The lowest BCUT2D eigenvalue weighted by Crippen LogP contribution is -2.54. The van der Waals surface area contributed by atoms with Crippen LogP contribution >= 0.6 is 0 Å². The average molecular weight is 492 g/mol. The van der Waals surface area contributed by atoms with Crippen LogP contribution in [0.15, 0.2) is 78.9 Å². The van der Waals surface area contributed by atoms with Crippen LogP contribution in [0, 0.1) is 6.92 Å². The number of amides is 2. The molecular weight excluding hydrogens is 458 g/mol.